The minimum absolute atomic E-state index is 0.0560. The van der Waals surface area contributed by atoms with E-state index in [9.17, 15) is 0 Å². The van der Waals surface area contributed by atoms with Crippen LogP contribution in [0.1, 0.15) is 17.1 Å². The Labute approximate surface area is 74.8 Å². The fourth-order valence-corrected chi connectivity index (χ4v) is 1.13. The molecule has 0 atom stereocenters. The summed E-state index contributed by atoms with van der Waals surface area (Å²) < 4.78 is 10.1. The minimum atomic E-state index is -0.0560. The number of hydrogen-bond donors (Lipinski definition) is 1. The van der Waals surface area contributed by atoms with Crippen molar-refractivity contribution in [3.63, 3.8) is 0 Å². The highest BCUT2D eigenvalue weighted by molar-refractivity contribution is 5.17. The van der Waals surface area contributed by atoms with E-state index in [2.05, 4.69) is 5.16 Å². The van der Waals surface area contributed by atoms with Crippen molar-refractivity contribution < 1.29 is 14.0 Å². The Balaban J connectivity index is 2.18. The van der Waals surface area contributed by atoms with Crippen LogP contribution in [0.15, 0.2) is 33.5 Å². The topological polar surface area (TPSA) is 59.4 Å². The second kappa shape index (κ2) is 3.45. The maximum absolute atomic E-state index is 8.91. The van der Waals surface area contributed by atoms with Crippen molar-refractivity contribution in [1.29, 1.82) is 0 Å². The standard InChI is InChI=1S/C9H9NO3/c11-6-7-5-10-13-9(7)4-8-2-1-3-12-8/h1-3,5,11H,4,6H2. The van der Waals surface area contributed by atoms with E-state index < -0.39 is 0 Å². The number of aromatic nitrogens is 1. The maximum Gasteiger partial charge on any atom is 0.149 e. The zero-order valence-corrected chi connectivity index (χ0v) is 6.93. The normalized spacial score (nSPS) is 10.5. The highest BCUT2D eigenvalue weighted by Crippen LogP contribution is 2.13. The molecule has 0 saturated carbocycles. The summed E-state index contributed by atoms with van der Waals surface area (Å²) in [4.78, 5) is 0. The minimum Gasteiger partial charge on any atom is -0.469 e. The quantitative estimate of drug-likeness (QED) is 0.772. The third-order valence-corrected chi connectivity index (χ3v) is 1.81. The van der Waals surface area contributed by atoms with Crippen LogP contribution in [0.5, 0.6) is 0 Å². The van der Waals surface area contributed by atoms with E-state index in [4.69, 9.17) is 14.0 Å². The van der Waals surface area contributed by atoms with Crippen molar-refractivity contribution >= 4 is 0 Å². The van der Waals surface area contributed by atoms with Crippen LogP contribution in [0.3, 0.4) is 0 Å². The fraction of sp³-hybridized carbons (Fsp3) is 0.222. The van der Waals surface area contributed by atoms with Gasteiger partial charge in [-0.05, 0) is 12.1 Å². The summed E-state index contributed by atoms with van der Waals surface area (Å²) in [6.07, 6.45) is 3.64. The highest BCUT2D eigenvalue weighted by Gasteiger charge is 2.08. The van der Waals surface area contributed by atoms with Gasteiger partial charge in [0.25, 0.3) is 0 Å². The van der Waals surface area contributed by atoms with Crippen molar-refractivity contribution in [2.75, 3.05) is 0 Å². The average molecular weight is 179 g/mol. The summed E-state index contributed by atoms with van der Waals surface area (Å²) in [6.45, 7) is -0.0560. The molecule has 2 rings (SSSR count). The van der Waals surface area contributed by atoms with Gasteiger partial charge in [0.05, 0.1) is 25.5 Å². The molecule has 0 radical (unpaired) electrons. The molecular weight excluding hydrogens is 170 g/mol. The van der Waals surface area contributed by atoms with Crippen LogP contribution in [0, 0.1) is 0 Å². The molecule has 68 valence electrons. The first-order valence-electron chi connectivity index (χ1n) is 3.96. The van der Waals surface area contributed by atoms with E-state index >= 15 is 0 Å². The van der Waals surface area contributed by atoms with Gasteiger partial charge in [-0.1, -0.05) is 5.16 Å². The Morgan fingerprint density at radius 2 is 2.38 bits per heavy atom. The summed E-state index contributed by atoms with van der Waals surface area (Å²) in [6, 6.07) is 3.66. The van der Waals surface area contributed by atoms with Crippen molar-refractivity contribution in [3.05, 3.63) is 41.7 Å². The smallest absolute Gasteiger partial charge is 0.149 e. The second-order valence-corrected chi connectivity index (χ2v) is 2.69. The lowest BCUT2D eigenvalue weighted by atomic mass is 10.2. The van der Waals surface area contributed by atoms with E-state index in [1.165, 1.54) is 6.20 Å². The molecule has 0 aliphatic carbocycles. The molecule has 4 heteroatoms. The highest BCUT2D eigenvalue weighted by atomic mass is 16.5. The number of aliphatic hydroxyl groups excluding tert-OH is 1. The van der Waals surface area contributed by atoms with E-state index in [-0.39, 0.29) is 6.61 Å². The molecule has 0 bridgehead atoms. The van der Waals surface area contributed by atoms with E-state index in [1.54, 1.807) is 6.26 Å². The van der Waals surface area contributed by atoms with Crippen LogP contribution < -0.4 is 0 Å². The molecule has 0 aliphatic rings. The van der Waals surface area contributed by atoms with E-state index in [0.29, 0.717) is 17.7 Å². The largest absolute Gasteiger partial charge is 0.469 e. The fourth-order valence-electron chi connectivity index (χ4n) is 1.13. The van der Waals surface area contributed by atoms with Gasteiger partial charge in [-0.3, -0.25) is 0 Å². The lowest BCUT2D eigenvalue weighted by Crippen LogP contribution is -1.89. The van der Waals surface area contributed by atoms with Gasteiger partial charge in [0.15, 0.2) is 0 Å². The monoisotopic (exact) mass is 179 g/mol. The summed E-state index contributed by atoms with van der Waals surface area (Å²) >= 11 is 0. The van der Waals surface area contributed by atoms with E-state index in [1.807, 2.05) is 12.1 Å². The van der Waals surface area contributed by atoms with Crippen molar-refractivity contribution in [2.24, 2.45) is 0 Å². The van der Waals surface area contributed by atoms with Crippen LogP contribution in [-0.4, -0.2) is 10.3 Å². The molecule has 0 aromatic carbocycles. The lowest BCUT2D eigenvalue weighted by Gasteiger charge is -1.93. The number of aliphatic hydroxyl groups is 1. The number of rotatable bonds is 3. The molecule has 0 unspecified atom stereocenters. The molecule has 4 nitrogen and oxygen atoms in total. The first-order valence-corrected chi connectivity index (χ1v) is 3.96. The van der Waals surface area contributed by atoms with Crippen LogP contribution in [0.25, 0.3) is 0 Å². The Morgan fingerprint density at radius 3 is 3.08 bits per heavy atom. The third-order valence-electron chi connectivity index (χ3n) is 1.81. The average Bonchev–Trinajstić information content (AvgIpc) is 2.76. The summed E-state index contributed by atoms with van der Waals surface area (Å²) in [5.74, 6) is 1.45. The summed E-state index contributed by atoms with van der Waals surface area (Å²) in [5, 5.41) is 12.5. The van der Waals surface area contributed by atoms with Gasteiger partial charge in [0, 0.05) is 5.56 Å². The Bertz CT molecular complexity index is 364. The van der Waals surface area contributed by atoms with Crippen LogP contribution in [0.2, 0.25) is 0 Å². The van der Waals surface area contributed by atoms with Crippen LogP contribution in [-0.2, 0) is 13.0 Å². The second-order valence-electron chi connectivity index (χ2n) is 2.69. The van der Waals surface area contributed by atoms with Gasteiger partial charge in [0.1, 0.15) is 11.5 Å². The van der Waals surface area contributed by atoms with Gasteiger partial charge in [-0.25, -0.2) is 0 Å². The predicted molar refractivity (Wildman–Crippen MR) is 43.9 cm³/mol. The maximum atomic E-state index is 8.91. The summed E-state index contributed by atoms with van der Waals surface area (Å²) in [7, 11) is 0. The molecule has 0 saturated heterocycles. The molecule has 2 aromatic heterocycles. The van der Waals surface area contributed by atoms with Crippen molar-refractivity contribution in [1.82, 2.24) is 5.16 Å². The van der Waals surface area contributed by atoms with Crippen molar-refractivity contribution in [2.45, 2.75) is 13.0 Å². The Hall–Kier alpha value is -1.55. The third kappa shape index (κ3) is 1.62. The Kier molecular flexibility index (Phi) is 2.14. The Morgan fingerprint density at radius 1 is 1.46 bits per heavy atom. The molecule has 13 heavy (non-hydrogen) atoms. The summed E-state index contributed by atoms with van der Waals surface area (Å²) in [5.41, 5.74) is 0.705. The molecule has 1 N–H and O–H groups in total. The molecule has 2 heterocycles. The predicted octanol–water partition coefficient (Wildman–Crippen LogP) is 1.35. The van der Waals surface area contributed by atoms with Gasteiger partial charge < -0.3 is 14.0 Å². The van der Waals surface area contributed by atoms with Gasteiger partial charge in [-0.2, -0.15) is 0 Å². The van der Waals surface area contributed by atoms with E-state index in [0.717, 1.165) is 5.76 Å². The number of hydrogen-bond acceptors (Lipinski definition) is 4. The van der Waals surface area contributed by atoms with Crippen LogP contribution >= 0.6 is 0 Å². The zero-order valence-electron chi connectivity index (χ0n) is 6.93. The van der Waals surface area contributed by atoms with Crippen molar-refractivity contribution in [3.8, 4) is 0 Å². The number of nitrogens with zero attached hydrogens (tertiary/aromatic N) is 1. The van der Waals surface area contributed by atoms with Gasteiger partial charge in [0.2, 0.25) is 0 Å². The molecular formula is C9H9NO3. The molecule has 0 amide bonds. The number of furan rings is 1. The molecule has 0 aliphatic heterocycles. The molecule has 2 aromatic rings. The first kappa shape index (κ1) is 8.07. The molecule has 0 spiro atoms. The SMILES string of the molecule is OCc1cnoc1Cc1ccco1. The van der Waals surface area contributed by atoms with Gasteiger partial charge in [-0.15, -0.1) is 0 Å². The zero-order chi connectivity index (χ0) is 9.10. The molecule has 0 fully saturated rings. The first-order chi connectivity index (χ1) is 6.40. The lowest BCUT2D eigenvalue weighted by molar-refractivity contribution is 0.277. The van der Waals surface area contributed by atoms with Gasteiger partial charge >= 0.3 is 0 Å². The van der Waals surface area contributed by atoms with Crippen LogP contribution in [0.4, 0.5) is 0 Å².